The molecule has 14 heteroatoms. The summed E-state index contributed by atoms with van der Waals surface area (Å²) in [6.45, 7) is 0.0330. The van der Waals surface area contributed by atoms with Crippen molar-refractivity contribution in [2.45, 2.75) is 17.5 Å². The molecular weight excluding hydrogens is 548 g/mol. The van der Waals surface area contributed by atoms with Gasteiger partial charge in [-0.05, 0) is 18.2 Å². The molecule has 1 aromatic carbocycles. The Morgan fingerprint density at radius 2 is 2.21 bits per heavy atom. The molecule has 1 atom stereocenters. The van der Waals surface area contributed by atoms with Gasteiger partial charge in [0.1, 0.15) is 16.7 Å². The molecule has 3 aromatic heterocycles. The van der Waals surface area contributed by atoms with E-state index in [1.165, 1.54) is 11.3 Å². The van der Waals surface area contributed by atoms with Crippen LogP contribution in [0.5, 0.6) is 0 Å². The minimum Gasteiger partial charge on any atom is -0.366 e. The number of imidazole rings is 1. The second-order valence-electron chi connectivity index (χ2n) is 7.65. The van der Waals surface area contributed by atoms with Gasteiger partial charge in [-0.25, -0.2) is 13.4 Å². The van der Waals surface area contributed by atoms with E-state index in [1.807, 2.05) is 22.2 Å². The van der Waals surface area contributed by atoms with E-state index in [4.69, 9.17) is 10.5 Å². The first-order chi connectivity index (χ1) is 16.2. The molecule has 0 radical (unpaired) electrons. The van der Waals surface area contributed by atoms with Gasteiger partial charge >= 0.3 is 0 Å². The summed E-state index contributed by atoms with van der Waals surface area (Å²) in [6, 6.07) is 4.98. The molecule has 1 aliphatic rings. The number of nitrogens with one attached hydrogen (secondary N) is 2. The summed E-state index contributed by atoms with van der Waals surface area (Å²) in [5, 5.41) is 4.99. The number of H-pyrrole nitrogens is 1. The Bertz CT molecular complexity index is 1500. The van der Waals surface area contributed by atoms with Crippen LogP contribution in [0.1, 0.15) is 16.2 Å². The van der Waals surface area contributed by atoms with Gasteiger partial charge in [-0.1, -0.05) is 15.9 Å². The fraction of sp³-hybridized carbons (Fsp3) is 0.250. The summed E-state index contributed by atoms with van der Waals surface area (Å²) in [5.41, 5.74) is 6.40. The normalized spacial score (nSPS) is 17.4. The Morgan fingerprint density at radius 1 is 1.38 bits per heavy atom. The van der Waals surface area contributed by atoms with E-state index in [9.17, 15) is 18.0 Å². The van der Waals surface area contributed by atoms with Crippen LogP contribution in [0.15, 0.2) is 45.3 Å². The number of aromatic amines is 1. The van der Waals surface area contributed by atoms with Crippen LogP contribution >= 0.6 is 27.3 Å². The number of fused-ring (bicyclic) bond motifs is 2. The zero-order valence-corrected chi connectivity index (χ0v) is 20.7. The van der Waals surface area contributed by atoms with Crippen molar-refractivity contribution in [1.29, 1.82) is 0 Å². The van der Waals surface area contributed by atoms with Crippen LogP contribution in [0, 0.1) is 0 Å². The average Bonchev–Trinajstić information content (AvgIpc) is 3.50. The lowest BCUT2D eigenvalue weighted by atomic mass is 10.2. The van der Waals surface area contributed by atoms with Gasteiger partial charge < -0.3 is 20.8 Å². The number of nitrogens with two attached hydrogens (primary N) is 1. The first kappa shape index (κ1) is 23.0. The molecule has 1 fully saturated rings. The largest absolute Gasteiger partial charge is 0.366 e. The number of thiazole rings is 1. The molecule has 0 bridgehead atoms. The number of primary amides is 1. The smallest absolute Gasteiger partial charge is 0.266 e. The summed E-state index contributed by atoms with van der Waals surface area (Å²) >= 11 is 4.81. The monoisotopic (exact) mass is 566 g/mol. The number of amides is 2. The number of rotatable bonds is 6. The van der Waals surface area contributed by atoms with Gasteiger partial charge in [0.25, 0.3) is 11.8 Å². The lowest BCUT2D eigenvalue weighted by Gasteiger charge is -2.31. The first-order valence-corrected chi connectivity index (χ1v) is 13.3. The highest BCUT2D eigenvalue weighted by atomic mass is 79.9. The van der Waals surface area contributed by atoms with Crippen molar-refractivity contribution in [1.82, 2.24) is 24.0 Å². The second kappa shape index (κ2) is 8.78. The number of aromatic nitrogens is 3. The van der Waals surface area contributed by atoms with Gasteiger partial charge in [0.05, 0.1) is 18.8 Å². The number of ether oxygens (including phenoxy) is 1. The number of hydrogen-bond donors (Lipinski definition) is 3. The maximum Gasteiger partial charge on any atom is 0.266 e. The van der Waals surface area contributed by atoms with Crippen LogP contribution in [-0.2, 0) is 26.1 Å². The highest BCUT2D eigenvalue weighted by Crippen LogP contribution is 2.32. The summed E-state index contributed by atoms with van der Waals surface area (Å²) in [5.74, 6) is -1.35. The van der Waals surface area contributed by atoms with Crippen LogP contribution in [0.3, 0.4) is 0 Å². The summed E-state index contributed by atoms with van der Waals surface area (Å²) in [7, 11) is -4.17. The van der Waals surface area contributed by atoms with Gasteiger partial charge in [0, 0.05) is 46.2 Å². The van der Waals surface area contributed by atoms with E-state index in [0.29, 0.717) is 21.1 Å². The maximum atomic E-state index is 13.6. The quantitative estimate of drug-likeness (QED) is 0.321. The lowest BCUT2D eigenvalue weighted by molar-refractivity contribution is -0.136. The van der Waals surface area contributed by atoms with E-state index in [1.54, 1.807) is 18.2 Å². The van der Waals surface area contributed by atoms with E-state index in [-0.39, 0.29) is 36.8 Å². The lowest BCUT2D eigenvalue weighted by Crippen LogP contribution is -2.51. The third-order valence-electron chi connectivity index (χ3n) is 5.47. The molecule has 34 heavy (non-hydrogen) atoms. The molecule has 4 aromatic rings. The molecule has 0 saturated carbocycles. The summed E-state index contributed by atoms with van der Waals surface area (Å²) in [6.07, 6.45) is 2.67. The topological polar surface area (TPSA) is 152 Å². The van der Waals surface area contributed by atoms with E-state index >= 15 is 0 Å². The van der Waals surface area contributed by atoms with E-state index in [2.05, 4.69) is 31.2 Å². The van der Waals surface area contributed by atoms with Gasteiger partial charge in [-0.2, -0.15) is 4.31 Å². The summed E-state index contributed by atoms with van der Waals surface area (Å²) < 4.78 is 36.4. The molecule has 5 rings (SSSR count). The van der Waals surface area contributed by atoms with Crippen molar-refractivity contribution in [3.8, 4) is 0 Å². The number of nitrogens with zero attached hydrogens (tertiary/aromatic N) is 3. The molecule has 0 aliphatic carbocycles. The SMILES string of the molecule is NC(=O)c1[nH]c2ccc(Br)cc2c1S(=O)(=O)N1CCOC(C(=O)NCc2cn3ccsc3n2)C1. The predicted octanol–water partition coefficient (Wildman–Crippen LogP) is 1.44. The first-order valence-electron chi connectivity index (χ1n) is 10.2. The van der Waals surface area contributed by atoms with Crippen LogP contribution in [-0.4, -0.2) is 64.7 Å². The van der Waals surface area contributed by atoms with Crippen LogP contribution in [0.25, 0.3) is 15.9 Å². The molecule has 4 N–H and O–H groups in total. The maximum absolute atomic E-state index is 13.6. The molecule has 11 nitrogen and oxygen atoms in total. The third kappa shape index (κ3) is 4.11. The second-order valence-corrected chi connectivity index (χ2v) is 11.3. The third-order valence-corrected chi connectivity index (χ3v) is 8.68. The van der Waals surface area contributed by atoms with Crippen molar-refractivity contribution < 1.29 is 22.7 Å². The molecule has 1 aliphatic heterocycles. The Morgan fingerprint density at radius 3 is 2.97 bits per heavy atom. The number of halogens is 1. The van der Waals surface area contributed by atoms with Crippen molar-refractivity contribution in [2.75, 3.05) is 19.7 Å². The standard InChI is InChI=1S/C20H19BrN6O5S2/c21-11-1-2-14-13(7-11)17(16(25-14)18(22)28)34(30,31)27-3-5-32-15(10-27)19(29)23-8-12-9-26-4-6-33-20(26)24-12/h1-2,4,6-7,9,15,25H,3,5,8,10H2,(H2,22,28)(H,23,29). The van der Waals surface area contributed by atoms with Crippen molar-refractivity contribution in [3.05, 3.63) is 51.8 Å². The molecule has 4 heterocycles. The van der Waals surface area contributed by atoms with E-state index in [0.717, 1.165) is 9.27 Å². The highest BCUT2D eigenvalue weighted by Gasteiger charge is 2.37. The highest BCUT2D eigenvalue weighted by molar-refractivity contribution is 9.10. The fourth-order valence-electron chi connectivity index (χ4n) is 3.87. The van der Waals surface area contributed by atoms with Gasteiger partial charge in [-0.3, -0.25) is 14.0 Å². The molecule has 0 spiro atoms. The number of morpholine rings is 1. The Kier molecular flexibility index (Phi) is 5.93. The predicted molar refractivity (Wildman–Crippen MR) is 128 cm³/mol. The Hall–Kier alpha value is -2.78. The number of carbonyl (C=O) groups is 2. The number of hydrogen-bond acceptors (Lipinski definition) is 7. The fourth-order valence-corrected chi connectivity index (χ4v) is 6.71. The Labute approximate surface area is 206 Å². The van der Waals surface area contributed by atoms with Crippen molar-refractivity contribution in [2.24, 2.45) is 5.73 Å². The van der Waals surface area contributed by atoms with Crippen LogP contribution < -0.4 is 11.1 Å². The molecule has 178 valence electrons. The van der Waals surface area contributed by atoms with Gasteiger partial charge in [0.2, 0.25) is 10.0 Å². The van der Waals surface area contributed by atoms with Gasteiger partial charge in [0.15, 0.2) is 4.96 Å². The molecular formula is C20H19BrN6O5S2. The number of sulfonamides is 1. The van der Waals surface area contributed by atoms with E-state index < -0.39 is 27.9 Å². The van der Waals surface area contributed by atoms with Crippen molar-refractivity contribution >= 4 is 65.0 Å². The zero-order valence-electron chi connectivity index (χ0n) is 17.5. The minimum absolute atomic E-state index is 0.0233. The van der Waals surface area contributed by atoms with Crippen LogP contribution in [0.4, 0.5) is 0 Å². The minimum atomic E-state index is -4.17. The summed E-state index contributed by atoms with van der Waals surface area (Å²) in [4.78, 5) is 32.6. The van der Waals surface area contributed by atoms with Crippen LogP contribution in [0.2, 0.25) is 0 Å². The number of carbonyl (C=O) groups excluding carboxylic acids is 2. The molecule has 2 amide bonds. The zero-order chi connectivity index (χ0) is 24.0. The Balaban J connectivity index is 1.37. The average molecular weight is 567 g/mol. The molecule has 1 saturated heterocycles. The van der Waals surface area contributed by atoms with Crippen molar-refractivity contribution in [3.63, 3.8) is 0 Å². The molecule has 1 unspecified atom stereocenters. The number of benzene rings is 1. The van der Waals surface area contributed by atoms with Gasteiger partial charge in [-0.15, -0.1) is 11.3 Å².